The predicted molar refractivity (Wildman–Crippen MR) is 113 cm³/mol. The lowest BCUT2D eigenvalue weighted by molar-refractivity contribution is -0.120. The second-order valence-corrected chi connectivity index (χ2v) is 8.74. The predicted octanol–water partition coefficient (Wildman–Crippen LogP) is 2.23. The van der Waals surface area contributed by atoms with Crippen LogP contribution in [0.15, 0.2) is 42.6 Å². The van der Waals surface area contributed by atoms with Crippen molar-refractivity contribution in [2.45, 2.75) is 32.2 Å². The SMILES string of the molecule is CC1CN(CC(=O)N2CC(C)(C)c3cnc(C(=O)c4ccccc4)cc32)CCN1. The van der Waals surface area contributed by atoms with Crippen molar-refractivity contribution < 1.29 is 9.59 Å². The Balaban J connectivity index is 1.60. The van der Waals surface area contributed by atoms with Gasteiger partial charge in [0, 0.05) is 55.0 Å². The Bertz CT molecular complexity index is 926. The zero-order valence-electron chi connectivity index (χ0n) is 17.3. The van der Waals surface area contributed by atoms with Crippen LogP contribution in [0.4, 0.5) is 5.69 Å². The molecular weight excluding hydrogens is 364 g/mol. The minimum absolute atomic E-state index is 0.0789. The van der Waals surface area contributed by atoms with Crippen molar-refractivity contribution in [3.63, 3.8) is 0 Å². The van der Waals surface area contributed by atoms with Gasteiger partial charge in [0.25, 0.3) is 0 Å². The molecule has 4 rings (SSSR count). The number of ketones is 1. The number of carbonyl (C=O) groups is 2. The van der Waals surface area contributed by atoms with Gasteiger partial charge in [0.1, 0.15) is 5.69 Å². The third-order valence-corrected chi connectivity index (χ3v) is 5.84. The van der Waals surface area contributed by atoms with Gasteiger partial charge in [-0.15, -0.1) is 0 Å². The Hall–Kier alpha value is -2.57. The summed E-state index contributed by atoms with van der Waals surface area (Å²) in [5.41, 5.74) is 2.62. The van der Waals surface area contributed by atoms with Gasteiger partial charge in [-0.2, -0.15) is 0 Å². The molecule has 2 aliphatic rings. The molecule has 1 fully saturated rings. The lowest BCUT2D eigenvalue weighted by Crippen LogP contribution is -2.52. The van der Waals surface area contributed by atoms with Gasteiger partial charge in [-0.3, -0.25) is 19.5 Å². The fraction of sp³-hybridized carbons (Fsp3) is 0.435. The molecule has 0 bridgehead atoms. The van der Waals surface area contributed by atoms with E-state index in [-0.39, 0.29) is 17.1 Å². The van der Waals surface area contributed by atoms with Crippen molar-refractivity contribution in [1.29, 1.82) is 0 Å². The number of piperazine rings is 1. The summed E-state index contributed by atoms with van der Waals surface area (Å²) in [6.45, 7) is 10.0. The van der Waals surface area contributed by atoms with Crippen LogP contribution in [0, 0.1) is 0 Å². The molecule has 6 heteroatoms. The first-order valence-corrected chi connectivity index (χ1v) is 10.2. The number of fused-ring (bicyclic) bond motifs is 1. The first kappa shape index (κ1) is 19.7. The molecule has 1 aromatic carbocycles. The number of aromatic nitrogens is 1. The van der Waals surface area contributed by atoms with E-state index in [4.69, 9.17) is 0 Å². The maximum atomic E-state index is 13.2. The fourth-order valence-corrected chi connectivity index (χ4v) is 4.27. The normalized spacial score (nSPS) is 21.1. The Kier molecular flexibility index (Phi) is 5.23. The van der Waals surface area contributed by atoms with E-state index in [9.17, 15) is 9.59 Å². The fourth-order valence-electron chi connectivity index (χ4n) is 4.27. The first-order valence-electron chi connectivity index (χ1n) is 10.2. The van der Waals surface area contributed by atoms with Gasteiger partial charge in [0.05, 0.1) is 12.2 Å². The first-order chi connectivity index (χ1) is 13.8. The number of rotatable bonds is 4. The van der Waals surface area contributed by atoms with Gasteiger partial charge >= 0.3 is 0 Å². The van der Waals surface area contributed by atoms with Crippen LogP contribution in [0.25, 0.3) is 0 Å². The summed E-state index contributed by atoms with van der Waals surface area (Å²) in [7, 11) is 0. The molecule has 0 radical (unpaired) electrons. The van der Waals surface area contributed by atoms with Crippen LogP contribution >= 0.6 is 0 Å². The third kappa shape index (κ3) is 3.95. The van der Waals surface area contributed by atoms with E-state index in [0.29, 0.717) is 30.4 Å². The summed E-state index contributed by atoms with van der Waals surface area (Å²) in [4.78, 5) is 34.5. The number of pyridine rings is 1. The van der Waals surface area contributed by atoms with E-state index in [1.807, 2.05) is 23.1 Å². The Morgan fingerprint density at radius 3 is 2.72 bits per heavy atom. The molecule has 152 valence electrons. The molecule has 1 unspecified atom stereocenters. The number of hydrogen-bond donors (Lipinski definition) is 1. The molecule has 1 amide bonds. The molecule has 6 nitrogen and oxygen atoms in total. The molecular formula is C23H28N4O2. The molecule has 0 aliphatic carbocycles. The molecule has 0 spiro atoms. The Morgan fingerprint density at radius 2 is 2.00 bits per heavy atom. The van der Waals surface area contributed by atoms with E-state index in [1.54, 1.807) is 24.4 Å². The summed E-state index contributed by atoms with van der Waals surface area (Å²) < 4.78 is 0. The van der Waals surface area contributed by atoms with Crippen molar-refractivity contribution in [2.75, 3.05) is 37.6 Å². The average Bonchev–Trinajstić information content (AvgIpc) is 2.99. The number of anilines is 1. The number of nitrogens with one attached hydrogen (secondary N) is 1. The van der Waals surface area contributed by atoms with Crippen molar-refractivity contribution in [3.8, 4) is 0 Å². The van der Waals surface area contributed by atoms with Gasteiger partial charge in [-0.05, 0) is 13.0 Å². The maximum Gasteiger partial charge on any atom is 0.241 e. The smallest absolute Gasteiger partial charge is 0.241 e. The topological polar surface area (TPSA) is 65.5 Å². The molecule has 1 aromatic heterocycles. The molecule has 3 heterocycles. The number of hydrogen-bond acceptors (Lipinski definition) is 5. The number of amides is 1. The largest absolute Gasteiger partial charge is 0.312 e. The summed E-state index contributed by atoms with van der Waals surface area (Å²) in [6, 6.07) is 11.3. The minimum Gasteiger partial charge on any atom is -0.312 e. The highest BCUT2D eigenvalue weighted by atomic mass is 16.2. The maximum absolute atomic E-state index is 13.2. The molecule has 0 saturated carbocycles. The van der Waals surface area contributed by atoms with Crippen LogP contribution in [0.5, 0.6) is 0 Å². The lowest BCUT2D eigenvalue weighted by atomic mass is 9.88. The van der Waals surface area contributed by atoms with Gasteiger partial charge < -0.3 is 10.2 Å². The van der Waals surface area contributed by atoms with Gasteiger partial charge in [0.2, 0.25) is 11.7 Å². The highest BCUT2D eigenvalue weighted by Crippen LogP contribution is 2.40. The highest BCUT2D eigenvalue weighted by molar-refractivity contribution is 6.09. The standard InChI is InChI=1S/C23H28N4O2/c1-16-13-26(10-9-24-16)14-21(28)27-15-23(2,3)18-12-25-19(11-20(18)27)22(29)17-7-5-4-6-8-17/h4-8,11-12,16,24H,9-10,13-15H2,1-3H3. The molecule has 1 saturated heterocycles. The lowest BCUT2D eigenvalue weighted by Gasteiger charge is -2.32. The van der Waals surface area contributed by atoms with E-state index >= 15 is 0 Å². The van der Waals surface area contributed by atoms with Crippen molar-refractivity contribution >= 4 is 17.4 Å². The monoisotopic (exact) mass is 392 g/mol. The van der Waals surface area contributed by atoms with E-state index in [0.717, 1.165) is 30.9 Å². The number of nitrogens with zero attached hydrogens (tertiary/aromatic N) is 3. The van der Waals surface area contributed by atoms with Gasteiger partial charge in [-0.1, -0.05) is 44.2 Å². The van der Waals surface area contributed by atoms with Gasteiger partial charge in [0.15, 0.2) is 0 Å². The Morgan fingerprint density at radius 1 is 1.24 bits per heavy atom. The third-order valence-electron chi connectivity index (χ3n) is 5.84. The molecule has 2 aromatic rings. The average molecular weight is 393 g/mol. The summed E-state index contributed by atoms with van der Waals surface area (Å²) in [5.74, 6) is -0.0448. The number of carbonyl (C=O) groups excluding carboxylic acids is 2. The minimum atomic E-state index is -0.191. The summed E-state index contributed by atoms with van der Waals surface area (Å²) >= 11 is 0. The van der Waals surface area contributed by atoms with E-state index < -0.39 is 0 Å². The zero-order valence-corrected chi connectivity index (χ0v) is 17.3. The van der Waals surface area contributed by atoms with Gasteiger partial charge in [-0.25, -0.2) is 0 Å². The van der Waals surface area contributed by atoms with Crippen molar-refractivity contribution in [3.05, 3.63) is 59.4 Å². The zero-order chi connectivity index (χ0) is 20.6. The molecule has 1 atom stereocenters. The van der Waals surface area contributed by atoms with Crippen LogP contribution in [-0.4, -0.2) is 60.3 Å². The van der Waals surface area contributed by atoms with Crippen LogP contribution in [0.3, 0.4) is 0 Å². The van der Waals surface area contributed by atoms with Crippen LogP contribution in [0.1, 0.15) is 42.4 Å². The van der Waals surface area contributed by atoms with Crippen molar-refractivity contribution in [1.82, 2.24) is 15.2 Å². The second kappa shape index (κ2) is 7.69. The Labute approximate surface area is 171 Å². The van der Waals surface area contributed by atoms with E-state index in [1.165, 1.54) is 0 Å². The highest BCUT2D eigenvalue weighted by Gasteiger charge is 2.39. The quantitative estimate of drug-likeness (QED) is 0.809. The second-order valence-electron chi connectivity index (χ2n) is 8.74. The van der Waals surface area contributed by atoms with Crippen molar-refractivity contribution in [2.24, 2.45) is 0 Å². The van der Waals surface area contributed by atoms with E-state index in [2.05, 4.69) is 36.0 Å². The summed E-state index contributed by atoms with van der Waals surface area (Å²) in [6.07, 6.45) is 1.77. The molecule has 29 heavy (non-hydrogen) atoms. The van der Waals surface area contributed by atoms with Crippen LogP contribution in [0.2, 0.25) is 0 Å². The molecule has 2 aliphatic heterocycles. The number of benzene rings is 1. The van der Waals surface area contributed by atoms with Crippen LogP contribution < -0.4 is 10.2 Å². The molecule has 1 N–H and O–H groups in total. The van der Waals surface area contributed by atoms with Crippen LogP contribution in [-0.2, 0) is 10.2 Å². The summed E-state index contributed by atoms with van der Waals surface area (Å²) in [5, 5.41) is 3.41.